The second kappa shape index (κ2) is 4.77. The van der Waals surface area contributed by atoms with Gasteiger partial charge in [0.15, 0.2) is 0 Å². The average molecular weight is 275 g/mol. The van der Waals surface area contributed by atoms with Crippen LogP contribution in [0, 0.1) is 6.92 Å². The van der Waals surface area contributed by atoms with E-state index in [-0.39, 0.29) is 0 Å². The molecule has 1 N–H and O–H groups in total. The molecule has 3 heteroatoms. The van der Waals surface area contributed by atoms with Crippen molar-refractivity contribution >= 4 is 22.3 Å². The lowest BCUT2D eigenvalue weighted by Crippen LogP contribution is -2.01. The monoisotopic (exact) mass is 275 g/mol. The molecule has 1 aliphatic heterocycles. The summed E-state index contributed by atoms with van der Waals surface area (Å²) in [6, 6.07) is 18.7. The number of nitrogens with one attached hydrogen (secondary N) is 1. The fraction of sp³-hybridized carbons (Fsp3) is 0.167. The highest BCUT2D eigenvalue weighted by Gasteiger charge is 2.23. The molecule has 21 heavy (non-hydrogen) atoms. The van der Waals surface area contributed by atoms with Crippen LogP contribution in [0.4, 0.5) is 5.69 Å². The van der Waals surface area contributed by atoms with Crippen molar-refractivity contribution in [2.75, 3.05) is 5.43 Å². The Morgan fingerprint density at radius 2 is 1.76 bits per heavy atom. The van der Waals surface area contributed by atoms with Gasteiger partial charge in [0.25, 0.3) is 0 Å². The normalized spacial score (nSPS) is 15.6. The molecule has 104 valence electrons. The maximum atomic E-state index is 4.64. The number of aryl methyl sites for hydroxylation is 2. The van der Waals surface area contributed by atoms with E-state index < -0.39 is 0 Å². The van der Waals surface area contributed by atoms with Crippen LogP contribution in [0.1, 0.15) is 17.7 Å². The van der Waals surface area contributed by atoms with Crippen molar-refractivity contribution in [1.29, 1.82) is 0 Å². The highest BCUT2D eigenvalue weighted by atomic mass is 15.3. The first-order chi connectivity index (χ1) is 10.3. The largest absolute Gasteiger partial charge is 0.339 e. The number of nitrogens with zero attached hydrogens (tertiary/aromatic N) is 2. The molecular weight excluding hydrogens is 258 g/mol. The van der Waals surface area contributed by atoms with Crippen LogP contribution in [0.15, 0.2) is 59.7 Å². The number of hydrazone groups is 1. The Balaban J connectivity index is 1.76. The molecule has 0 bridgehead atoms. The van der Waals surface area contributed by atoms with Crippen LogP contribution in [-0.2, 0) is 6.54 Å². The van der Waals surface area contributed by atoms with Crippen molar-refractivity contribution in [3.63, 3.8) is 0 Å². The fourth-order valence-corrected chi connectivity index (χ4v) is 3.17. The summed E-state index contributed by atoms with van der Waals surface area (Å²) in [6.07, 6.45) is 0.987. The first-order valence-electron chi connectivity index (χ1n) is 7.30. The van der Waals surface area contributed by atoms with Crippen LogP contribution in [0.2, 0.25) is 0 Å². The van der Waals surface area contributed by atoms with E-state index >= 15 is 0 Å². The maximum Gasteiger partial charge on any atom is 0.0864 e. The third-order valence-electron chi connectivity index (χ3n) is 4.16. The van der Waals surface area contributed by atoms with E-state index in [2.05, 4.69) is 46.3 Å². The van der Waals surface area contributed by atoms with E-state index in [1.54, 1.807) is 0 Å². The summed E-state index contributed by atoms with van der Waals surface area (Å²) >= 11 is 0. The van der Waals surface area contributed by atoms with E-state index in [1.807, 2.05) is 30.3 Å². The SMILES string of the molecule is Cc1c2n(c3ccccc13)CCC2=NNc1ccccc1. The fourth-order valence-electron chi connectivity index (χ4n) is 3.17. The summed E-state index contributed by atoms with van der Waals surface area (Å²) in [5.41, 5.74) is 9.27. The van der Waals surface area contributed by atoms with Crippen LogP contribution in [-0.4, -0.2) is 10.3 Å². The number of anilines is 1. The van der Waals surface area contributed by atoms with Crippen molar-refractivity contribution in [3.05, 3.63) is 65.9 Å². The van der Waals surface area contributed by atoms with Gasteiger partial charge in [-0.25, -0.2) is 0 Å². The molecule has 4 rings (SSSR count). The standard InChI is InChI=1S/C18H17N3/c1-13-15-9-5-6-10-17(15)21-12-11-16(18(13)21)20-19-14-7-3-2-4-8-14/h2-10,19H,11-12H2,1H3. The first-order valence-corrected chi connectivity index (χ1v) is 7.30. The van der Waals surface area contributed by atoms with Gasteiger partial charge in [0.05, 0.1) is 17.1 Å². The molecule has 2 heterocycles. The molecule has 0 unspecified atom stereocenters. The number of hydrogen-bond donors (Lipinski definition) is 1. The minimum atomic E-state index is 0.987. The number of aromatic nitrogens is 1. The summed E-state index contributed by atoms with van der Waals surface area (Å²) in [5, 5.41) is 5.97. The lowest BCUT2D eigenvalue weighted by atomic mass is 10.1. The molecule has 0 saturated heterocycles. The van der Waals surface area contributed by atoms with E-state index in [0.29, 0.717) is 0 Å². The zero-order chi connectivity index (χ0) is 14.2. The molecule has 2 aromatic carbocycles. The van der Waals surface area contributed by atoms with Crippen LogP contribution in [0.25, 0.3) is 10.9 Å². The van der Waals surface area contributed by atoms with Gasteiger partial charge in [-0.3, -0.25) is 5.43 Å². The zero-order valence-corrected chi connectivity index (χ0v) is 12.0. The smallest absolute Gasteiger partial charge is 0.0864 e. The second-order valence-electron chi connectivity index (χ2n) is 5.43. The van der Waals surface area contributed by atoms with Crippen molar-refractivity contribution in [2.45, 2.75) is 19.9 Å². The molecule has 0 saturated carbocycles. The molecule has 1 aliphatic rings. The van der Waals surface area contributed by atoms with Crippen LogP contribution >= 0.6 is 0 Å². The molecule has 0 amide bonds. The zero-order valence-electron chi connectivity index (χ0n) is 12.0. The number of para-hydroxylation sites is 2. The summed E-state index contributed by atoms with van der Waals surface area (Å²) < 4.78 is 2.39. The molecule has 3 aromatic rings. The minimum absolute atomic E-state index is 0.987. The van der Waals surface area contributed by atoms with Crippen molar-refractivity contribution < 1.29 is 0 Å². The quantitative estimate of drug-likeness (QED) is 0.699. The lowest BCUT2D eigenvalue weighted by molar-refractivity contribution is 0.797. The van der Waals surface area contributed by atoms with Gasteiger partial charge in [0, 0.05) is 23.9 Å². The molecular formula is C18H17N3. The van der Waals surface area contributed by atoms with Gasteiger partial charge >= 0.3 is 0 Å². The highest BCUT2D eigenvalue weighted by molar-refractivity contribution is 6.07. The van der Waals surface area contributed by atoms with Crippen molar-refractivity contribution in [1.82, 2.24) is 4.57 Å². The van der Waals surface area contributed by atoms with Gasteiger partial charge in [-0.05, 0) is 30.7 Å². The molecule has 0 aliphatic carbocycles. The molecule has 1 aromatic heterocycles. The Kier molecular flexibility index (Phi) is 2.78. The topological polar surface area (TPSA) is 29.3 Å². The van der Waals surface area contributed by atoms with Crippen molar-refractivity contribution in [2.24, 2.45) is 5.10 Å². The van der Waals surface area contributed by atoms with E-state index in [4.69, 9.17) is 0 Å². The van der Waals surface area contributed by atoms with Gasteiger partial charge < -0.3 is 4.57 Å². The molecule has 0 spiro atoms. The minimum Gasteiger partial charge on any atom is -0.339 e. The Bertz CT molecular complexity index is 828. The first kappa shape index (κ1) is 12.2. The Labute approximate surface area is 123 Å². The summed E-state index contributed by atoms with van der Waals surface area (Å²) in [4.78, 5) is 0. The Hall–Kier alpha value is -2.55. The van der Waals surface area contributed by atoms with Crippen LogP contribution in [0.3, 0.4) is 0 Å². The second-order valence-corrected chi connectivity index (χ2v) is 5.43. The van der Waals surface area contributed by atoms with Gasteiger partial charge in [0.2, 0.25) is 0 Å². The van der Waals surface area contributed by atoms with Gasteiger partial charge in [0.1, 0.15) is 0 Å². The van der Waals surface area contributed by atoms with E-state index in [9.17, 15) is 0 Å². The Morgan fingerprint density at radius 3 is 2.62 bits per heavy atom. The number of benzene rings is 2. The average Bonchev–Trinajstić information content (AvgIpc) is 3.07. The Morgan fingerprint density at radius 1 is 1.00 bits per heavy atom. The predicted octanol–water partition coefficient (Wildman–Crippen LogP) is 4.17. The highest BCUT2D eigenvalue weighted by Crippen LogP contribution is 2.31. The predicted molar refractivity (Wildman–Crippen MR) is 87.9 cm³/mol. The molecule has 0 fully saturated rings. The number of fused-ring (bicyclic) bond motifs is 3. The van der Waals surface area contributed by atoms with E-state index in [0.717, 1.165) is 24.4 Å². The molecule has 0 atom stereocenters. The maximum absolute atomic E-state index is 4.64. The summed E-state index contributed by atoms with van der Waals surface area (Å²) in [6.45, 7) is 3.20. The van der Waals surface area contributed by atoms with Gasteiger partial charge in [-0.2, -0.15) is 5.10 Å². The third kappa shape index (κ3) is 1.93. The third-order valence-corrected chi connectivity index (χ3v) is 4.16. The summed E-state index contributed by atoms with van der Waals surface area (Å²) in [7, 11) is 0. The van der Waals surface area contributed by atoms with Gasteiger partial charge in [-0.15, -0.1) is 0 Å². The summed E-state index contributed by atoms with van der Waals surface area (Å²) in [5.74, 6) is 0. The van der Waals surface area contributed by atoms with Crippen LogP contribution in [0.5, 0.6) is 0 Å². The number of hydrogen-bond acceptors (Lipinski definition) is 2. The number of rotatable bonds is 2. The lowest BCUT2D eigenvalue weighted by Gasteiger charge is -2.02. The molecule has 3 nitrogen and oxygen atoms in total. The molecule has 0 radical (unpaired) electrons. The van der Waals surface area contributed by atoms with E-state index in [1.165, 1.54) is 22.2 Å². The van der Waals surface area contributed by atoms with Crippen molar-refractivity contribution in [3.8, 4) is 0 Å². The van der Waals surface area contributed by atoms with Gasteiger partial charge in [-0.1, -0.05) is 36.4 Å². The van der Waals surface area contributed by atoms with Crippen LogP contribution < -0.4 is 5.43 Å².